The van der Waals surface area contributed by atoms with Crippen molar-refractivity contribution in [2.45, 2.75) is 0 Å². The molecule has 0 aromatic carbocycles. The average Bonchev–Trinajstić information content (AvgIpc) is 3.52. The summed E-state index contributed by atoms with van der Waals surface area (Å²) in [6.07, 6.45) is 5.18. The molecule has 36 heavy (non-hydrogen) atoms. The highest BCUT2D eigenvalue weighted by Crippen LogP contribution is 2.15. The Kier molecular flexibility index (Phi) is 8.95. The Labute approximate surface area is 215 Å². The number of pyridine rings is 1. The summed E-state index contributed by atoms with van der Waals surface area (Å²) in [4.78, 5) is 49.1. The highest BCUT2D eigenvalue weighted by Gasteiger charge is 2.22. The minimum Gasteiger partial charge on any atom is -0.378 e. The van der Waals surface area contributed by atoms with Gasteiger partial charge in [-0.25, -0.2) is 19.6 Å². The summed E-state index contributed by atoms with van der Waals surface area (Å²) >= 11 is 11.4. The summed E-state index contributed by atoms with van der Waals surface area (Å²) in [6, 6.07) is 5.48. The van der Waals surface area contributed by atoms with E-state index in [2.05, 4.69) is 15.0 Å². The molecule has 3 aromatic rings. The fourth-order valence-corrected chi connectivity index (χ4v) is 3.57. The van der Waals surface area contributed by atoms with E-state index in [4.69, 9.17) is 42.4 Å². The first-order valence-electron chi connectivity index (χ1n) is 11.0. The molecule has 2 aliphatic heterocycles. The second-order valence-electron chi connectivity index (χ2n) is 7.35. The molecule has 192 valence electrons. The van der Waals surface area contributed by atoms with Crippen molar-refractivity contribution in [2.24, 2.45) is 0 Å². The molecular weight excluding hydrogens is 517 g/mol. The quantitative estimate of drug-likeness (QED) is 0.490. The molecule has 5 heterocycles. The Balaban J connectivity index is 0.000000174. The van der Waals surface area contributed by atoms with E-state index < -0.39 is 12.2 Å². The normalized spacial score (nSPS) is 15.6. The number of nitrogens with zero attached hydrogens (tertiary/aromatic N) is 7. The predicted octanol–water partition coefficient (Wildman–Crippen LogP) is 1.90. The molecule has 13 nitrogen and oxygen atoms in total. The third kappa shape index (κ3) is 6.63. The minimum absolute atomic E-state index is 0.00612. The van der Waals surface area contributed by atoms with Gasteiger partial charge in [0.2, 0.25) is 5.28 Å². The lowest BCUT2D eigenvalue weighted by molar-refractivity contribution is 0.0245. The van der Waals surface area contributed by atoms with Crippen molar-refractivity contribution in [3.05, 3.63) is 53.4 Å². The van der Waals surface area contributed by atoms with Gasteiger partial charge in [-0.2, -0.15) is 4.73 Å². The first-order chi connectivity index (χ1) is 17.5. The van der Waals surface area contributed by atoms with Gasteiger partial charge in [0.25, 0.3) is 0 Å². The topological polar surface area (TPSA) is 126 Å². The van der Waals surface area contributed by atoms with Crippen LogP contribution in [0.1, 0.15) is 0 Å². The Hall–Kier alpha value is -3.39. The van der Waals surface area contributed by atoms with Crippen LogP contribution in [-0.4, -0.2) is 99.0 Å². The Morgan fingerprint density at radius 3 is 2.03 bits per heavy atom. The number of ether oxygens (including phenoxy) is 2. The minimum atomic E-state index is -0.523. The van der Waals surface area contributed by atoms with Gasteiger partial charge >= 0.3 is 12.2 Å². The van der Waals surface area contributed by atoms with E-state index in [1.54, 1.807) is 29.6 Å². The molecule has 0 radical (unpaired) electrons. The first-order valence-corrected chi connectivity index (χ1v) is 11.7. The molecule has 3 aromatic heterocycles. The van der Waals surface area contributed by atoms with Crippen molar-refractivity contribution in [1.82, 2.24) is 34.2 Å². The van der Waals surface area contributed by atoms with Crippen LogP contribution >= 0.6 is 23.2 Å². The zero-order chi connectivity index (χ0) is 25.3. The SMILES string of the molecule is O=C(On1c(Cl)cnc1Cl)N1CCOCC1.O=C(On1ccnc1-c1ccccn1)N1CCOCC1. The second-order valence-corrected chi connectivity index (χ2v) is 8.07. The van der Waals surface area contributed by atoms with Crippen molar-refractivity contribution in [2.75, 3.05) is 52.6 Å². The summed E-state index contributed by atoms with van der Waals surface area (Å²) in [5, 5.41) is 0.151. The van der Waals surface area contributed by atoms with Gasteiger partial charge in [-0.1, -0.05) is 17.7 Å². The summed E-state index contributed by atoms with van der Waals surface area (Å²) < 4.78 is 12.6. The fraction of sp³-hybridized carbons (Fsp3) is 0.381. The Morgan fingerprint density at radius 2 is 1.47 bits per heavy atom. The number of imidazole rings is 2. The molecule has 0 saturated carbocycles. The number of hydrogen-bond donors (Lipinski definition) is 0. The van der Waals surface area contributed by atoms with E-state index in [9.17, 15) is 9.59 Å². The van der Waals surface area contributed by atoms with Crippen molar-refractivity contribution in [3.63, 3.8) is 0 Å². The van der Waals surface area contributed by atoms with Crippen LogP contribution < -0.4 is 9.68 Å². The van der Waals surface area contributed by atoms with Gasteiger partial charge < -0.3 is 28.9 Å². The summed E-state index contributed by atoms with van der Waals surface area (Å²) in [6.45, 7) is 4.11. The zero-order valence-corrected chi connectivity index (χ0v) is 20.5. The number of morpholine rings is 2. The number of carbonyl (C=O) groups is 2. The lowest BCUT2D eigenvalue weighted by Gasteiger charge is -2.25. The van der Waals surface area contributed by atoms with E-state index in [0.29, 0.717) is 64.1 Å². The van der Waals surface area contributed by atoms with Gasteiger partial charge in [0.15, 0.2) is 11.0 Å². The molecule has 5 rings (SSSR count). The lowest BCUT2D eigenvalue weighted by Crippen LogP contribution is -2.44. The average molecular weight is 540 g/mol. The Morgan fingerprint density at radius 1 is 0.833 bits per heavy atom. The molecule has 0 atom stereocenters. The molecule has 15 heteroatoms. The van der Waals surface area contributed by atoms with Gasteiger partial charge in [0.1, 0.15) is 5.69 Å². The standard InChI is InChI=1S/C13H14N4O3.C8H9Cl2N3O3/c18-13(16-7-9-19-10-8-16)20-17-6-5-15-12(17)11-3-1-2-4-14-11;9-6-5-11-7(10)13(6)16-8(14)12-1-3-15-4-2-12/h1-6H,7-10H2;5H,1-4H2. The maximum atomic E-state index is 12.0. The van der Waals surface area contributed by atoms with Crippen LogP contribution in [0.5, 0.6) is 0 Å². The van der Waals surface area contributed by atoms with Crippen molar-refractivity contribution < 1.29 is 28.7 Å². The van der Waals surface area contributed by atoms with E-state index in [1.807, 2.05) is 12.1 Å². The monoisotopic (exact) mass is 539 g/mol. The highest BCUT2D eigenvalue weighted by molar-refractivity contribution is 6.32. The third-order valence-corrected chi connectivity index (χ3v) is 5.53. The fourth-order valence-electron chi connectivity index (χ4n) is 3.19. The summed E-state index contributed by atoms with van der Waals surface area (Å²) in [5.41, 5.74) is 0.646. The lowest BCUT2D eigenvalue weighted by atomic mass is 10.3. The third-order valence-electron chi connectivity index (χ3n) is 5.03. The van der Waals surface area contributed by atoms with Gasteiger partial charge in [-0.05, 0) is 23.7 Å². The molecular formula is C21H23Cl2N7O6. The van der Waals surface area contributed by atoms with Crippen LogP contribution in [0, 0.1) is 0 Å². The first kappa shape index (κ1) is 25.7. The number of amides is 2. The molecule has 0 aliphatic carbocycles. The number of aromatic nitrogens is 5. The number of halogens is 2. The maximum Gasteiger partial charge on any atom is 0.434 e. The van der Waals surface area contributed by atoms with Crippen LogP contribution in [0.4, 0.5) is 9.59 Å². The van der Waals surface area contributed by atoms with E-state index in [1.165, 1.54) is 15.8 Å². The molecule has 2 fully saturated rings. The predicted molar refractivity (Wildman–Crippen MR) is 126 cm³/mol. The largest absolute Gasteiger partial charge is 0.434 e. The molecule has 2 amide bonds. The number of rotatable bonds is 3. The van der Waals surface area contributed by atoms with Crippen LogP contribution in [0.3, 0.4) is 0 Å². The second kappa shape index (κ2) is 12.5. The van der Waals surface area contributed by atoms with Crippen LogP contribution in [-0.2, 0) is 9.47 Å². The molecule has 2 saturated heterocycles. The summed E-state index contributed by atoms with van der Waals surface area (Å²) in [7, 11) is 0. The maximum absolute atomic E-state index is 12.0. The molecule has 0 spiro atoms. The Bertz CT molecular complexity index is 1130. The molecule has 0 N–H and O–H groups in total. The van der Waals surface area contributed by atoms with Crippen molar-refractivity contribution >= 4 is 35.4 Å². The van der Waals surface area contributed by atoms with Crippen molar-refractivity contribution in [3.8, 4) is 11.5 Å². The van der Waals surface area contributed by atoms with Gasteiger partial charge in [-0.15, -0.1) is 4.73 Å². The van der Waals surface area contributed by atoms with Gasteiger partial charge in [0, 0.05) is 38.6 Å². The highest BCUT2D eigenvalue weighted by atomic mass is 35.5. The summed E-state index contributed by atoms with van der Waals surface area (Å²) in [5.74, 6) is 0.493. The van der Waals surface area contributed by atoms with E-state index in [-0.39, 0.29) is 10.4 Å². The smallest absolute Gasteiger partial charge is 0.378 e. The van der Waals surface area contributed by atoms with E-state index in [0.717, 1.165) is 4.73 Å². The molecule has 0 bridgehead atoms. The van der Waals surface area contributed by atoms with Gasteiger partial charge in [-0.3, -0.25) is 4.98 Å². The van der Waals surface area contributed by atoms with Crippen molar-refractivity contribution in [1.29, 1.82) is 0 Å². The van der Waals surface area contributed by atoms with Crippen LogP contribution in [0.25, 0.3) is 11.5 Å². The van der Waals surface area contributed by atoms with Gasteiger partial charge in [0.05, 0.1) is 38.8 Å². The molecule has 2 aliphatic rings. The number of hydrogen-bond acceptors (Lipinski definition) is 9. The van der Waals surface area contributed by atoms with Crippen LogP contribution in [0.2, 0.25) is 10.4 Å². The molecule has 0 unspecified atom stereocenters. The van der Waals surface area contributed by atoms with Crippen LogP contribution in [0.15, 0.2) is 43.0 Å². The number of carbonyl (C=O) groups excluding carboxylic acids is 2. The van der Waals surface area contributed by atoms with E-state index >= 15 is 0 Å². The zero-order valence-electron chi connectivity index (χ0n) is 19.0.